The van der Waals surface area contributed by atoms with Gasteiger partial charge in [0.15, 0.2) is 0 Å². The van der Waals surface area contributed by atoms with Crippen molar-refractivity contribution in [3.63, 3.8) is 0 Å². The second kappa shape index (κ2) is 11.0. The van der Waals surface area contributed by atoms with Crippen LogP contribution in [0, 0.1) is 0 Å². The van der Waals surface area contributed by atoms with Crippen LogP contribution in [0.1, 0.15) is 19.4 Å². The quantitative estimate of drug-likeness (QED) is 0.668. The average Bonchev–Trinajstić information content (AvgIpc) is 2.80. The number of morpholine rings is 1. The van der Waals surface area contributed by atoms with E-state index < -0.39 is 0 Å². The molecule has 2 fully saturated rings. The highest BCUT2D eigenvalue weighted by atomic mass is 16.5. The Bertz CT molecular complexity index is 886. The molecular weight excluding hydrogens is 416 g/mol. The van der Waals surface area contributed by atoms with Gasteiger partial charge in [0.25, 0.3) is 0 Å². The summed E-state index contributed by atoms with van der Waals surface area (Å²) in [6.07, 6.45) is 2.29. The highest BCUT2D eigenvalue weighted by Gasteiger charge is 2.23. The number of carbonyl (C=O) groups excluding carboxylic acids is 1. The van der Waals surface area contributed by atoms with Gasteiger partial charge in [-0.05, 0) is 50.7 Å². The Morgan fingerprint density at radius 3 is 2.30 bits per heavy atom. The Kier molecular flexibility index (Phi) is 7.80. The maximum absolute atomic E-state index is 12.3. The van der Waals surface area contributed by atoms with Crippen LogP contribution in [-0.2, 0) is 16.1 Å². The molecule has 33 heavy (non-hydrogen) atoms. The summed E-state index contributed by atoms with van der Waals surface area (Å²) < 4.78 is 5.81. The third-order valence-electron chi connectivity index (χ3n) is 6.19. The molecule has 2 N–H and O–H groups in total. The first-order valence-corrected chi connectivity index (χ1v) is 11.8. The van der Waals surface area contributed by atoms with Crippen LogP contribution in [0.25, 0.3) is 0 Å². The lowest BCUT2D eigenvalue weighted by Gasteiger charge is -2.36. The molecule has 1 aromatic heterocycles. The van der Waals surface area contributed by atoms with Crippen LogP contribution in [0.4, 0.5) is 17.2 Å². The molecule has 2 atom stereocenters. The predicted molar refractivity (Wildman–Crippen MR) is 132 cm³/mol. The van der Waals surface area contributed by atoms with Crippen molar-refractivity contribution in [3.05, 3.63) is 48.2 Å². The maximum Gasteiger partial charge on any atom is 0.234 e. The molecule has 2 aliphatic heterocycles. The van der Waals surface area contributed by atoms with Gasteiger partial charge in [-0.25, -0.2) is 4.98 Å². The summed E-state index contributed by atoms with van der Waals surface area (Å²) >= 11 is 0. The summed E-state index contributed by atoms with van der Waals surface area (Å²) in [5.74, 6) is 1.06. The van der Waals surface area contributed by atoms with Gasteiger partial charge in [-0.1, -0.05) is 12.1 Å². The summed E-state index contributed by atoms with van der Waals surface area (Å²) in [7, 11) is 2.12. The molecule has 0 saturated carbocycles. The highest BCUT2D eigenvalue weighted by Crippen LogP contribution is 2.22. The van der Waals surface area contributed by atoms with Gasteiger partial charge in [0.05, 0.1) is 30.6 Å². The largest absolute Gasteiger partial charge is 0.372 e. The van der Waals surface area contributed by atoms with Gasteiger partial charge in [0.2, 0.25) is 5.91 Å². The van der Waals surface area contributed by atoms with E-state index in [2.05, 4.69) is 63.3 Å². The van der Waals surface area contributed by atoms with E-state index in [9.17, 15) is 4.79 Å². The molecule has 1 aromatic carbocycles. The minimum Gasteiger partial charge on any atom is -0.372 e. The molecular formula is C25H36N6O2. The number of hydrogen-bond acceptors (Lipinski definition) is 7. The number of nitrogens with zero attached hydrogens (tertiary/aromatic N) is 4. The fraction of sp³-hybridized carbons (Fsp3) is 0.520. The lowest BCUT2D eigenvalue weighted by molar-refractivity contribution is -0.122. The number of pyridine rings is 1. The lowest BCUT2D eigenvalue weighted by Crippen LogP contribution is -2.48. The van der Waals surface area contributed by atoms with Crippen molar-refractivity contribution in [2.24, 2.45) is 0 Å². The van der Waals surface area contributed by atoms with E-state index in [1.807, 2.05) is 30.5 Å². The van der Waals surface area contributed by atoms with Crippen LogP contribution in [0.3, 0.4) is 0 Å². The fourth-order valence-electron chi connectivity index (χ4n) is 4.35. The van der Waals surface area contributed by atoms with Crippen LogP contribution in [0.2, 0.25) is 0 Å². The van der Waals surface area contributed by atoms with Gasteiger partial charge in [0, 0.05) is 51.5 Å². The Morgan fingerprint density at radius 2 is 1.67 bits per heavy atom. The summed E-state index contributed by atoms with van der Waals surface area (Å²) in [6, 6.07) is 12.2. The number of ether oxygens (including phenoxy) is 1. The standard InChI is InChI=1S/C25H36N6O2/c1-19-16-31(17-20(2)33-19)24-9-8-23(15-26-24)28-22-6-4-21(5-7-22)14-27-25(32)18-30-12-10-29(3)11-13-30/h4-9,15,19-20,28H,10-14,16-18H2,1-3H3,(H,27,32). The smallest absolute Gasteiger partial charge is 0.234 e. The number of likely N-dealkylation sites (N-methyl/N-ethyl adjacent to an activating group) is 1. The molecule has 0 radical (unpaired) electrons. The molecule has 1 amide bonds. The average molecular weight is 453 g/mol. The number of anilines is 3. The molecule has 8 heteroatoms. The second-order valence-corrected chi connectivity index (χ2v) is 9.25. The Labute approximate surface area is 196 Å². The van der Waals surface area contributed by atoms with Gasteiger partial charge in [-0.15, -0.1) is 0 Å². The number of aromatic nitrogens is 1. The molecule has 8 nitrogen and oxygen atoms in total. The van der Waals surface area contributed by atoms with E-state index in [1.54, 1.807) is 0 Å². The van der Waals surface area contributed by atoms with Crippen molar-refractivity contribution in [2.45, 2.75) is 32.6 Å². The van der Waals surface area contributed by atoms with Crippen LogP contribution >= 0.6 is 0 Å². The maximum atomic E-state index is 12.3. The number of hydrogen-bond donors (Lipinski definition) is 2. The topological polar surface area (TPSA) is 73.0 Å². The normalized spacial score (nSPS) is 22.2. The first-order valence-electron chi connectivity index (χ1n) is 11.8. The molecule has 2 unspecified atom stereocenters. The second-order valence-electron chi connectivity index (χ2n) is 9.25. The summed E-state index contributed by atoms with van der Waals surface area (Å²) in [4.78, 5) is 23.7. The van der Waals surface area contributed by atoms with E-state index in [4.69, 9.17) is 4.74 Å². The minimum atomic E-state index is 0.0805. The molecule has 2 aromatic rings. The van der Waals surface area contributed by atoms with Crippen molar-refractivity contribution < 1.29 is 9.53 Å². The SMILES string of the molecule is CC1CN(c2ccc(Nc3ccc(CNC(=O)CN4CCN(C)CC4)cc3)cn2)CC(C)O1. The molecule has 178 valence electrons. The minimum absolute atomic E-state index is 0.0805. The van der Waals surface area contributed by atoms with Crippen LogP contribution in [0.15, 0.2) is 42.6 Å². The third-order valence-corrected chi connectivity index (χ3v) is 6.19. The molecule has 4 rings (SSSR count). The summed E-state index contributed by atoms with van der Waals surface area (Å²) in [5.41, 5.74) is 3.02. The number of piperazine rings is 1. The van der Waals surface area contributed by atoms with E-state index in [-0.39, 0.29) is 18.1 Å². The monoisotopic (exact) mass is 452 g/mol. The van der Waals surface area contributed by atoms with E-state index in [0.29, 0.717) is 13.1 Å². The number of amides is 1. The van der Waals surface area contributed by atoms with Crippen LogP contribution < -0.4 is 15.5 Å². The van der Waals surface area contributed by atoms with E-state index in [1.165, 1.54) is 0 Å². The van der Waals surface area contributed by atoms with Crippen molar-refractivity contribution in [2.75, 3.05) is 63.1 Å². The zero-order chi connectivity index (χ0) is 23.2. The number of nitrogens with one attached hydrogen (secondary N) is 2. The zero-order valence-electron chi connectivity index (χ0n) is 20.0. The summed E-state index contributed by atoms with van der Waals surface area (Å²) in [5, 5.41) is 6.43. The number of benzene rings is 1. The van der Waals surface area contributed by atoms with Gasteiger partial charge in [-0.3, -0.25) is 9.69 Å². The molecule has 2 saturated heterocycles. The van der Waals surface area contributed by atoms with Gasteiger partial charge in [0.1, 0.15) is 5.82 Å². The Morgan fingerprint density at radius 1 is 1.00 bits per heavy atom. The first-order chi connectivity index (χ1) is 15.9. The third kappa shape index (κ3) is 6.90. The Balaban J connectivity index is 1.23. The zero-order valence-corrected chi connectivity index (χ0v) is 20.0. The van der Waals surface area contributed by atoms with E-state index in [0.717, 1.165) is 62.0 Å². The van der Waals surface area contributed by atoms with Gasteiger partial charge in [-0.2, -0.15) is 0 Å². The first kappa shape index (κ1) is 23.5. The molecule has 0 spiro atoms. The van der Waals surface area contributed by atoms with Crippen molar-refractivity contribution in [3.8, 4) is 0 Å². The van der Waals surface area contributed by atoms with Gasteiger partial charge >= 0.3 is 0 Å². The van der Waals surface area contributed by atoms with Crippen molar-refractivity contribution >= 4 is 23.1 Å². The van der Waals surface area contributed by atoms with Gasteiger partial charge < -0.3 is 25.2 Å². The Hall–Kier alpha value is -2.68. The summed E-state index contributed by atoms with van der Waals surface area (Å²) in [6.45, 7) is 10.9. The molecule has 0 bridgehead atoms. The van der Waals surface area contributed by atoms with Crippen LogP contribution in [-0.4, -0.2) is 85.8 Å². The molecule has 2 aliphatic rings. The van der Waals surface area contributed by atoms with Crippen molar-refractivity contribution in [1.82, 2.24) is 20.1 Å². The molecule has 0 aliphatic carbocycles. The molecule has 3 heterocycles. The highest BCUT2D eigenvalue weighted by molar-refractivity contribution is 5.78. The van der Waals surface area contributed by atoms with Crippen LogP contribution in [0.5, 0.6) is 0 Å². The predicted octanol–water partition coefficient (Wildman–Crippen LogP) is 2.30. The van der Waals surface area contributed by atoms with Crippen molar-refractivity contribution in [1.29, 1.82) is 0 Å². The van der Waals surface area contributed by atoms with E-state index >= 15 is 0 Å². The fourth-order valence-corrected chi connectivity index (χ4v) is 4.35. The number of rotatable bonds is 7. The number of carbonyl (C=O) groups is 1. The lowest BCUT2D eigenvalue weighted by atomic mass is 10.2.